The third-order valence-corrected chi connectivity index (χ3v) is 4.34. The third kappa shape index (κ3) is 2.51. The first-order valence-corrected chi connectivity index (χ1v) is 6.79. The Bertz CT molecular complexity index is 360. The van der Waals surface area contributed by atoms with Crippen LogP contribution in [0.1, 0.15) is 45.4 Å². The van der Waals surface area contributed by atoms with E-state index in [1.54, 1.807) is 6.33 Å². The summed E-state index contributed by atoms with van der Waals surface area (Å²) in [5.41, 5.74) is 6.31. The van der Waals surface area contributed by atoms with Gasteiger partial charge in [-0.3, -0.25) is 4.68 Å². The summed E-state index contributed by atoms with van der Waals surface area (Å²) in [5, 5.41) is 4.25. The maximum atomic E-state index is 6.04. The third-order valence-electron chi connectivity index (χ3n) is 4.34. The van der Waals surface area contributed by atoms with Crippen LogP contribution in [0.3, 0.4) is 0 Å². The standard InChI is InChI=1S/C13H24N4/c1-3-11-5-6-13(7-11,9-14)8-12-15-10-16-17(12)4-2/h10-11H,3-9,14H2,1-2H3. The van der Waals surface area contributed by atoms with Crippen LogP contribution in [0.5, 0.6) is 0 Å². The molecule has 0 saturated heterocycles. The molecule has 0 amide bonds. The lowest BCUT2D eigenvalue weighted by Crippen LogP contribution is -2.31. The Balaban J connectivity index is 2.10. The monoisotopic (exact) mass is 236 g/mol. The fraction of sp³-hybridized carbons (Fsp3) is 0.846. The molecule has 2 N–H and O–H groups in total. The Labute approximate surface area is 104 Å². The summed E-state index contributed by atoms with van der Waals surface area (Å²) >= 11 is 0. The van der Waals surface area contributed by atoms with E-state index in [4.69, 9.17) is 5.73 Å². The van der Waals surface area contributed by atoms with Crippen LogP contribution in [0, 0.1) is 11.3 Å². The highest BCUT2D eigenvalue weighted by Gasteiger charge is 2.38. The van der Waals surface area contributed by atoms with Crippen molar-refractivity contribution in [1.82, 2.24) is 14.8 Å². The minimum absolute atomic E-state index is 0.278. The molecule has 4 nitrogen and oxygen atoms in total. The highest BCUT2D eigenvalue weighted by Crippen LogP contribution is 2.44. The van der Waals surface area contributed by atoms with Gasteiger partial charge in [0.05, 0.1) is 0 Å². The number of aryl methyl sites for hydroxylation is 1. The van der Waals surface area contributed by atoms with E-state index in [9.17, 15) is 0 Å². The second-order valence-corrected chi connectivity index (χ2v) is 5.39. The zero-order valence-corrected chi connectivity index (χ0v) is 11.0. The van der Waals surface area contributed by atoms with E-state index in [0.29, 0.717) is 0 Å². The zero-order chi connectivity index (χ0) is 12.3. The Kier molecular flexibility index (Phi) is 3.82. The second kappa shape index (κ2) is 5.17. The van der Waals surface area contributed by atoms with Crippen LogP contribution in [0.25, 0.3) is 0 Å². The Morgan fingerprint density at radius 3 is 2.94 bits per heavy atom. The van der Waals surface area contributed by atoms with E-state index in [1.807, 2.05) is 4.68 Å². The summed E-state index contributed by atoms with van der Waals surface area (Å²) in [5.74, 6) is 1.96. The lowest BCUT2D eigenvalue weighted by atomic mass is 9.81. The van der Waals surface area contributed by atoms with Gasteiger partial charge in [-0.25, -0.2) is 4.98 Å². The maximum Gasteiger partial charge on any atom is 0.138 e. The average molecular weight is 236 g/mol. The van der Waals surface area contributed by atoms with Gasteiger partial charge in [0.1, 0.15) is 12.2 Å². The predicted octanol–water partition coefficient (Wildman–Crippen LogP) is 2.00. The second-order valence-electron chi connectivity index (χ2n) is 5.39. The minimum atomic E-state index is 0.278. The minimum Gasteiger partial charge on any atom is -0.330 e. The van der Waals surface area contributed by atoms with Crippen molar-refractivity contribution in [3.63, 3.8) is 0 Å². The number of hydrogen-bond donors (Lipinski definition) is 1. The van der Waals surface area contributed by atoms with E-state index >= 15 is 0 Å². The molecule has 1 aromatic heterocycles. The zero-order valence-electron chi connectivity index (χ0n) is 11.0. The van der Waals surface area contributed by atoms with Crippen LogP contribution in [0.15, 0.2) is 6.33 Å². The molecule has 1 aromatic rings. The summed E-state index contributed by atoms with van der Waals surface area (Å²) in [6, 6.07) is 0. The molecular weight excluding hydrogens is 212 g/mol. The lowest BCUT2D eigenvalue weighted by Gasteiger charge is -2.27. The Morgan fingerprint density at radius 1 is 1.53 bits per heavy atom. The van der Waals surface area contributed by atoms with Crippen LogP contribution in [0.2, 0.25) is 0 Å². The SMILES string of the molecule is CCC1CCC(CN)(Cc2ncnn2CC)C1. The molecule has 0 radical (unpaired) electrons. The van der Waals surface area contributed by atoms with Crippen molar-refractivity contribution in [2.24, 2.45) is 17.1 Å². The van der Waals surface area contributed by atoms with E-state index in [0.717, 1.165) is 31.3 Å². The largest absolute Gasteiger partial charge is 0.330 e. The molecule has 0 bridgehead atoms. The molecule has 1 saturated carbocycles. The van der Waals surface area contributed by atoms with E-state index in [2.05, 4.69) is 23.9 Å². The van der Waals surface area contributed by atoms with Crippen LogP contribution in [-0.2, 0) is 13.0 Å². The molecule has 2 atom stereocenters. The Hall–Kier alpha value is -0.900. The first-order chi connectivity index (χ1) is 8.23. The fourth-order valence-electron chi connectivity index (χ4n) is 3.12. The quantitative estimate of drug-likeness (QED) is 0.850. The molecule has 0 spiro atoms. The Morgan fingerprint density at radius 2 is 2.35 bits per heavy atom. The molecule has 1 heterocycles. The maximum absolute atomic E-state index is 6.04. The number of rotatable bonds is 5. The predicted molar refractivity (Wildman–Crippen MR) is 68.5 cm³/mol. The molecule has 1 aliphatic carbocycles. The van der Waals surface area contributed by atoms with Gasteiger partial charge in [0.25, 0.3) is 0 Å². The van der Waals surface area contributed by atoms with Crippen molar-refractivity contribution in [3.8, 4) is 0 Å². The highest BCUT2D eigenvalue weighted by molar-refractivity contribution is 4.98. The molecule has 4 heteroatoms. The first kappa shape index (κ1) is 12.6. The fourth-order valence-corrected chi connectivity index (χ4v) is 3.12. The van der Waals surface area contributed by atoms with Crippen LogP contribution < -0.4 is 5.73 Å². The van der Waals surface area contributed by atoms with Gasteiger partial charge < -0.3 is 5.73 Å². The summed E-state index contributed by atoms with van der Waals surface area (Å²) in [6.07, 6.45) is 7.77. The van der Waals surface area contributed by atoms with Gasteiger partial charge in [-0.1, -0.05) is 13.3 Å². The smallest absolute Gasteiger partial charge is 0.138 e. The van der Waals surface area contributed by atoms with E-state index < -0.39 is 0 Å². The van der Waals surface area contributed by atoms with Gasteiger partial charge >= 0.3 is 0 Å². The molecule has 1 fully saturated rings. The molecule has 0 aliphatic heterocycles. The molecule has 1 aliphatic rings. The van der Waals surface area contributed by atoms with Gasteiger partial charge in [-0.15, -0.1) is 0 Å². The topological polar surface area (TPSA) is 56.7 Å². The highest BCUT2D eigenvalue weighted by atomic mass is 15.3. The van der Waals surface area contributed by atoms with Gasteiger partial charge in [-0.2, -0.15) is 5.10 Å². The molecule has 0 aromatic carbocycles. The van der Waals surface area contributed by atoms with Crippen molar-refractivity contribution >= 4 is 0 Å². The molecule has 17 heavy (non-hydrogen) atoms. The van der Waals surface area contributed by atoms with Crippen molar-refractivity contribution in [2.75, 3.05) is 6.54 Å². The van der Waals surface area contributed by atoms with Crippen molar-refractivity contribution < 1.29 is 0 Å². The number of nitrogens with two attached hydrogens (primary N) is 1. The van der Waals surface area contributed by atoms with Gasteiger partial charge in [0, 0.05) is 13.0 Å². The van der Waals surface area contributed by atoms with Crippen molar-refractivity contribution in [2.45, 2.75) is 52.5 Å². The van der Waals surface area contributed by atoms with Crippen LogP contribution in [0.4, 0.5) is 0 Å². The summed E-state index contributed by atoms with van der Waals surface area (Å²) in [6.45, 7) is 6.07. The van der Waals surface area contributed by atoms with Crippen LogP contribution >= 0.6 is 0 Å². The normalized spacial score (nSPS) is 28.8. The van der Waals surface area contributed by atoms with E-state index in [-0.39, 0.29) is 5.41 Å². The van der Waals surface area contributed by atoms with Gasteiger partial charge in [0.2, 0.25) is 0 Å². The lowest BCUT2D eigenvalue weighted by molar-refractivity contribution is 0.279. The summed E-state index contributed by atoms with van der Waals surface area (Å²) in [4.78, 5) is 4.39. The first-order valence-electron chi connectivity index (χ1n) is 6.79. The summed E-state index contributed by atoms with van der Waals surface area (Å²) in [7, 11) is 0. The van der Waals surface area contributed by atoms with Gasteiger partial charge in [0.15, 0.2) is 0 Å². The number of aromatic nitrogens is 3. The molecule has 2 rings (SSSR count). The van der Waals surface area contributed by atoms with Crippen LogP contribution in [-0.4, -0.2) is 21.3 Å². The molecule has 96 valence electrons. The van der Waals surface area contributed by atoms with Gasteiger partial charge in [-0.05, 0) is 44.1 Å². The number of nitrogens with zero attached hydrogens (tertiary/aromatic N) is 3. The van der Waals surface area contributed by atoms with E-state index in [1.165, 1.54) is 25.7 Å². The van der Waals surface area contributed by atoms with Crippen molar-refractivity contribution in [3.05, 3.63) is 12.2 Å². The number of hydrogen-bond acceptors (Lipinski definition) is 3. The average Bonchev–Trinajstić information content (AvgIpc) is 2.96. The molecule has 2 unspecified atom stereocenters. The van der Waals surface area contributed by atoms with Crippen molar-refractivity contribution in [1.29, 1.82) is 0 Å². The molecular formula is C13H24N4. The summed E-state index contributed by atoms with van der Waals surface area (Å²) < 4.78 is 2.00.